The predicted molar refractivity (Wildman–Crippen MR) is 82.8 cm³/mol. The highest BCUT2D eigenvalue weighted by Gasteiger charge is 2.13. The van der Waals surface area contributed by atoms with Crippen molar-refractivity contribution in [1.29, 1.82) is 0 Å². The third-order valence-electron chi connectivity index (χ3n) is 3.36. The van der Waals surface area contributed by atoms with Crippen molar-refractivity contribution in [3.8, 4) is 0 Å². The molecule has 1 aliphatic rings. The summed E-state index contributed by atoms with van der Waals surface area (Å²) in [7, 11) is 0. The first kappa shape index (κ1) is 14.9. The van der Waals surface area contributed by atoms with E-state index in [1.165, 1.54) is 36.1 Å². The summed E-state index contributed by atoms with van der Waals surface area (Å²) in [6.07, 6.45) is 5.44. The fraction of sp³-hybridized carbons (Fsp3) is 0.625. The quantitative estimate of drug-likeness (QED) is 0.605. The van der Waals surface area contributed by atoms with Gasteiger partial charge in [-0.2, -0.15) is 0 Å². The van der Waals surface area contributed by atoms with Crippen molar-refractivity contribution in [2.75, 3.05) is 18.9 Å². The molecule has 0 spiro atoms. The van der Waals surface area contributed by atoms with Crippen LogP contribution in [0.4, 0.5) is 0 Å². The minimum absolute atomic E-state index is 0.459. The van der Waals surface area contributed by atoms with Gasteiger partial charge in [-0.05, 0) is 49.9 Å². The van der Waals surface area contributed by atoms with Gasteiger partial charge in [0.05, 0.1) is 6.10 Å². The zero-order valence-corrected chi connectivity index (χ0v) is 12.7. The molecule has 3 heteroatoms. The topological polar surface area (TPSA) is 21.3 Å². The number of benzene rings is 1. The second-order valence-corrected chi connectivity index (χ2v) is 6.22. The number of rotatable bonds is 7. The average molecular weight is 279 g/mol. The number of hydrogen-bond acceptors (Lipinski definition) is 3. The van der Waals surface area contributed by atoms with Crippen molar-refractivity contribution in [2.24, 2.45) is 0 Å². The fourth-order valence-electron chi connectivity index (χ4n) is 2.28. The van der Waals surface area contributed by atoms with Crippen LogP contribution in [-0.2, 0) is 11.3 Å². The standard InChI is InChI=1S/C16H25NOS/c1-2-9-17-12-14-6-5-8-16(11-14)19-13-15-7-3-4-10-18-15/h5-6,8,11,15,17H,2-4,7,9-10,12-13H2,1H3. The highest BCUT2D eigenvalue weighted by molar-refractivity contribution is 7.99. The largest absolute Gasteiger partial charge is 0.377 e. The molecule has 1 saturated heterocycles. The van der Waals surface area contributed by atoms with E-state index in [0.717, 1.165) is 25.4 Å². The van der Waals surface area contributed by atoms with E-state index in [9.17, 15) is 0 Å². The van der Waals surface area contributed by atoms with E-state index >= 15 is 0 Å². The summed E-state index contributed by atoms with van der Waals surface area (Å²) in [6, 6.07) is 8.86. The molecule has 1 N–H and O–H groups in total. The van der Waals surface area contributed by atoms with Gasteiger partial charge in [-0.15, -0.1) is 11.8 Å². The Labute approximate surface area is 121 Å². The van der Waals surface area contributed by atoms with Gasteiger partial charge >= 0.3 is 0 Å². The summed E-state index contributed by atoms with van der Waals surface area (Å²) >= 11 is 1.93. The molecule has 0 aromatic heterocycles. The third-order valence-corrected chi connectivity index (χ3v) is 4.49. The van der Waals surface area contributed by atoms with Gasteiger partial charge in [-0.3, -0.25) is 0 Å². The molecule has 1 fully saturated rings. The van der Waals surface area contributed by atoms with Crippen LogP contribution in [0.1, 0.15) is 38.2 Å². The van der Waals surface area contributed by atoms with Gasteiger partial charge in [0.15, 0.2) is 0 Å². The lowest BCUT2D eigenvalue weighted by Crippen LogP contribution is -2.21. The number of nitrogens with one attached hydrogen (secondary N) is 1. The first-order valence-electron chi connectivity index (χ1n) is 7.42. The van der Waals surface area contributed by atoms with Crippen molar-refractivity contribution in [3.63, 3.8) is 0 Å². The zero-order valence-electron chi connectivity index (χ0n) is 11.9. The molecule has 2 nitrogen and oxygen atoms in total. The van der Waals surface area contributed by atoms with Crippen molar-refractivity contribution >= 4 is 11.8 Å². The SMILES string of the molecule is CCCNCc1cccc(SCC2CCCCO2)c1. The Morgan fingerprint density at radius 1 is 1.37 bits per heavy atom. The van der Waals surface area contributed by atoms with Crippen LogP contribution in [0.2, 0.25) is 0 Å². The Morgan fingerprint density at radius 2 is 2.32 bits per heavy atom. The molecular weight excluding hydrogens is 254 g/mol. The second-order valence-electron chi connectivity index (χ2n) is 5.12. The zero-order chi connectivity index (χ0) is 13.3. The lowest BCUT2D eigenvalue weighted by molar-refractivity contribution is 0.0315. The summed E-state index contributed by atoms with van der Waals surface area (Å²) in [4.78, 5) is 1.37. The van der Waals surface area contributed by atoms with Crippen molar-refractivity contribution in [3.05, 3.63) is 29.8 Å². The minimum Gasteiger partial charge on any atom is -0.377 e. The Balaban J connectivity index is 1.77. The summed E-state index contributed by atoms with van der Waals surface area (Å²) in [5.41, 5.74) is 1.38. The molecule has 2 rings (SSSR count). The van der Waals surface area contributed by atoms with Crippen LogP contribution in [0.25, 0.3) is 0 Å². The van der Waals surface area contributed by atoms with Crippen molar-refractivity contribution in [1.82, 2.24) is 5.32 Å². The van der Waals surface area contributed by atoms with Gasteiger partial charge in [-0.25, -0.2) is 0 Å². The predicted octanol–water partition coefficient (Wildman–Crippen LogP) is 3.85. The maximum absolute atomic E-state index is 5.78. The van der Waals surface area contributed by atoms with Gasteiger partial charge in [-0.1, -0.05) is 19.1 Å². The number of hydrogen-bond donors (Lipinski definition) is 1. The molecule has 0 saturated carbocycles. The molecule has 1 unspecified atom stereocenters. The lowest BCUT2D eigenvalue weighted by Gasteiger charge is -2.22. The highest BCUT2D eigenvalue weighted by Crippen LogP contribution is 2.24. The molecule has 1 heterocycles. The molecular formula is C16H25NOS. The Bertz CT molecular complexity index is 364. The van der Waals surface area contributed by atoms with E-state index in [1.807, 2.05) is 11.8 Å². The normalized spacial score (nSPS) is 19.5. The Morgan fingerprint density at radius 3 is 3.11 bits per heavy atom. The van der Waals surface area contributed by atoms with Crippen molar-refractivity contribution in [2.45, 2.75) is 50.2 Å². The average Bonchev–Trinajstić information content (AvgIpc) is 2.47. The van der Waals surface area contributed by atoms with Gasteiger partial charge in [0.1, 0.15) is 0 Å². The first-order valence-corrected chi connectivity index (χ1v) is 8.41. The third kappa shape index (κ3) is 5.55. The van der Waals surface area contributed by atoms with Crippen molar-refractivity contribution < 1.29 is 4.74 Å². The summed E-state index contributed by atoms with van der Waals surface area (Å²) in [5.74, 6) is 1.09. The van der Waals surface area contributed by atoms with Crippen LogP contribution in [0.15, 0.2) is 29.2 Å². The van der Waals surface area contributed by atoms with Gasteiger partial charge in [0, 0.05) is 23.8 Å². The molecule has 106 valence electrons. The first-order chi connectivity index (χ1) is 9.38. The molecule has 0 radical (unpaired) electrons. The summed E-state index contributed by atoms with van der Waals surface area (Å²) in [6.45, 7) is 5.21. The number of thioether (sulfide) groups is 1. The molecule has 0 amide bonds. The molecule has 1 aliphatic heterocycles. The van der Waals surface area contributed by atoms with E-state index in [0.29, 0.717) is 6.10 Å². The van der Waals surface area contributed by atoms with Crippen LogP contribution in [0.3, 0.4) is 0 Å². The molecule has 0 aliphatic carbocycles. The summed E-state index contributed by atoms with van der Waals surface area (Å²) in [5, 5.41) is 3.45. The molecule has 1 aromatic carbocycles. The Hall–Kier alpha value is -0.510. The molecule has 1 aromatic rings. The van der Waals surface area contributed by atoms with E-state index in [1.54, 1.807) is 0 Å². The van der Waals surface area contributed by atoms with E-state index < -0.39 is 0 Å². The van der Waals surface area contributed by atoms with Crippen LogP contribution < -0.4 is 5.32 Å². The van der Waals surface area contributed by atoms with Crippen LogP contribution >= 0.6 is 11.8 Å². The molecule has 19 heavy (non-hydrogen) atoms. The monoisotopic (exact) mass is 279 g/mol. The molecule has 1 atom stereocenters. The second kappa shape index (κ2) is 8.62. The van der Waals surface area contributed by atoms with E-state index in [4.69, 9.17) is 4.74 Å². The highest BCUT2D eigenvalue weighted by atomic mass is 32.2. The number of ether oxygens (including phenoxy) is 1. The summed E-state index contributed by atoms with van der Waals surface area (Å²) < 4.78 is 5.78. The van der Waals surface area contributed by atoms with E-state index in [-0.39, 0.29) is 0 Å². The maximum atomic E-state index is 5.78. The van der Waals surface area contributed by atoms with Gasteiger partial charge in [0.25, 0.3) is 0 Å². The lowest BCUT2D eigenvalue weighted by atomic mass is 10.1. The minimum atomic E-state index is 0.459. The Kier molecular flexibility index (Phi) is 6.75. The van der Waals surface area contributed by atoms with Crippen LogP contribution in [0.5, 0.6) is 0 Å². The van der Waals surface area contributed by atoms with Crippen LogP contribution in [-0.4, -0.2) is 25.0 Å². The van der Waals surface area contributed by atoms with Gasteiger partial charge < -0.3 is 10.1 Å². The smallest absolute Gasteiger partial charge is 0.0669 e. The van der Waals surface area contributed by atoms with E-state index in [2.05, 4.69) is 36.5 Å². The fourth-order valence-corrected chi connectivity index (χ4v) is 3.33. The molecule has 0 bridgehead atoms. The van der Waals surface area contributed by atoms with Crippen LogP contribution in [0, 0.1) is 0 Å². The maximum Gasteiger partial charge on any atom is 0.0669 e. The van der Waals surface area contributed by atoms with Gasteiger partial charge in [0.2, 0.25) is 0 Å².